The van der Waals surface area contributed by atoms with Gasteiger partial charge in [0.25, 0.3) is 0 Å². The normalized spacial score (nSPS) is 8.00. The lowest BCUT2D eigenvalue weighted by atomic mass is 11.1. The largest absolute Gasteiger partial charge is 0.369 e. The van der Waals surface area contributed by atoms with Crippen LogP contribution in [0.5, 0.6) is 0 Å². The predicted molar refractivity (Wildman–Crippen MR) is 42.8 cm³/mol. The summed E-state index contributed by atoms with van der Waals surface area (Å²) in [5.74, 6) is -0.118. The summed E-state index contributed by atoms with van der Waals surface area (Å²) in [5, 5.41) is 6.86. The first-order valence-corrected chi connectivity index (χ1v) is 2.76. The summed E-state index contributed by atoms with van der Waals surface area (Å²) in [6, 6.07) is 0. The van der Waals surface area contributed by atoms with E-state index in [1.807, 2.05) is 0 Å². The minimum absolute atomic E-state index is 0.0588. The fourth-order valence-electron chi connectivity index (χ4n) is 0.297. The number of guanidine groups is 2. The topological polar surface area (TPSA) is 153 Å². The maximum atomic E-state index is 4.99. The molecule has 0 bridgehead atoms. The van der Waals surface area contributed by atoms with Crippen molar-refractivity contribution in [2.24, 2.45) is 33.1 Å². The highest BCUT2D eigenvalue weighted by Gasteiger charge is 1.79. The first-order chi connectivity index (χ1) is 5.13. The Hall–Kier alpha value is -1.86. The highest BCUT2D eigenvalue weighted by molar-refractivity contribution is 5.75. The van der Waals surface area contributed by atoms with Crippen molar-refractivity contribution in [1.29, 1.82) is 0 Å². The van der Waals surface area contributed by atoms with Crippen LogP contribution in [0.1, 0.15) is 0 Å². The Balaban J connectivity index is 3.29. The summed E-state index contributed by atoms with van der Waals surface area (Å²) >= 11 is 0. The van der Waals surface area contributed by atoms with Gasteiger partial charge in [-0.1, -0.05) is 0 Å². The van der Waals surface area contributed by atoms with Gasteiger partial charge in [-0.2, -0.15) is 0 Å². The molecule has 0 aliphatic rings. The zero-order valence-corrected chi connectivity index (χ0v) is 5.91. The molecule has 0 aromatic rings. The van der Waals surface area contributed by atoms with E-state index >= 15 is 0 Å². The van der Waals surface area contributed by atoms with Gasteiger partial charge in [0.15, 0.2) is 0 Å². The molecule has 0 saturated heterocycles. The average molecular weight is 160 g/mol. The molecule has 8 heteroatoms. The van der Waals surface area contributed by atoms with Crippen molar-refractivity contribution in [3.8, 4) is 0 Å². The molecule has 64 valence electrons. The smallest absolute Gasteiger partial charge is 0.208 e. The van der Waals surface area contributed by atoms with Gasteiger partial charge in [0, 0.05) is 0 Å². The molecule has 0 aliphatic carbocycles. The van der Waals surface area contributed by atoms with Gasteiger partial charge in [0.05, 0.1) is 0 Å². The average Bonchev–Trinajstić information content (AvgIpc) is 1.85. The van der Waals surface area contributed by atoms with Gasteiger partial charge >= 0.3 is 0 Å². The molecule has 0 atom stereocenters. The Morgan fingerprint density at radius 3 is 1.55 bits per heavy atom. The number of nitrogens with one attached hydrogen (secondary N) is 2. The molecular weight excluding hydrogens is 148 g/mol. The molecule has 0 unspecified atom stereocenters. The molecule has 0 heterocycles. The van der Waals surface area contributed by atoms with E-state index in [1.165, 1.54) is 0 Å². The second kappa shape index (κ2) is 4.97. The van der Waals surface area contributed by atoms with Gasteiger partial charge in [0.1, 0.15) is 6.67 Å². The number of nitrogens with two attached hydrogens (primary N) is 4. The van der Waals surface area contributed by atoms with Gasteiger partial charge < -0.3 is 22.9 Å². The van der Waals surface area contributed by atoms with Crippen LogP contribution in [0, 0.1) is 0 Å². The summed E-state index contributed by atoms with van der Waals surface area (Å²) in [6.45, 7) is 0.246. The van der Waals surface area contributed by atoms with Gasteiger partial charge in [-0.25, -0.2) is 0 Å². The Kier molecular flexibility index (Phi) is 4.13. The van der Waals surface area contributed by atoms with Crippen LogP contribution >= 0.6 is 0 Å². The maximum absolute atomic E-state index is 4.99. The molecule has 0 radical (unpaired) electrons. The molecule has 0 aromatic heterocycles. The highest BCUT2D eigenvalue weighted by atomic mass is 15.4. The van der Waals surface area contributed by atoms with E-state index in [-0.39, 0.29) is 18.6 Å². The van der Waals surface area contributed by atoms with Crippen molar-refractivity contribution in [3.63, 3.8) is 0 Å². The van der Waals surface area contributed by atoms with Gasteiger partial charge in [0.2, 0.25) is 11.9 Å². The summed E-state index contributed by atoms with van der Waals surface area (Å²) in [5.41, 5.74) is 24.8. The van der Waals surface area contributed by atoms with E-state index in [0.717, 1.165) is 0 Å². The van der Waals surface area contributed by atoms with E-state index < -0.39 is 0 Å². The minimum atomic E-state index is -0.0588. The van der Waals surface area contributed by atoms with Crippen LogP contribution in [0.15, 0.2) is 10.2 Å². The van der Waals surface area contributed by atoms with E-state index in [1.54, 1.807) is 0 Å². The standard InChI is InChI=1S/C3H12N8/c4-2(5)10-8-1-9-11-3(6)7/h8-9H,1H2,(H4,4,5,10)(H4,6,7,11). The molecule has 10 N–H and O–H groups in total. The maximum Gasteiger partial charge on any atom is 0.208 e. The van der Waals surface area contributed by atoms with Crippen molar-refractivity contribution in [2.45, 2.75) is 0 Å². The van der Waals surface area contributed by atoms with E-state index in [2.05, 4.69) is 21.1 Å². The van der Waals surface area contributed by atoms with E-state index in [4.69, 9.17) is 22.9 Å². The fraction of sp³-hybridized carbons (Fsp3) is 0.333. The molecule has 11 heavy (non-hydrogen) atoms. The quantitative estimate of drug-likeness (QED) is 0.0824. The zero-order valence-electron chi connectivity index (χ0n) is 5.91. The number of rotatable bonds is 4. The van der Waals surface area contributed by atoms with Crippen LogP contribution in [-0.4, -0.2) is 18.6 Å². The molecule has 0 spiro atoms. The third-order valence-electron chi connectivity index (χ3n) is 0.574. The molecule has 0 rings (SSSR count). The lowest BCUT2D eigenvalue weighted by Crippen LogP contribution is -2.32. The fourth-order valence-corrected chi connectivity index (χ4v) is 0.297. The third-order valence-corrected chi connectivity index (χ3v) is 0.574. The van der Waals surface area contributed by atoms with Crippen molar-refractivity contribution < 1.29 is 0 Å². The number of hydrogen-bond donors (Lipinski definition) is 6. The Bertz CT molecular complexity index is 133. The third kappa shape index (κ3) is 8.14. The van der Waals surface area contributed by atoms with Gasteiger partial charge in [-0.3, -0.25) is 10.9 Å². The lowest BCUT2D eigenvalue weighted by Gasteiger charge is -1.99. The second-order valence-electron chi connectivity index (χ2n) is 1.57. The van der Waals surface area contributed by atoms with Crippen molar-refractivity contribution in [2.75, 3.05) is 6.67 Å². The highest BCUT2D eigenvalue weighted by Crippen LogP contribution is 1.56. The van der Waals surface area contributed by atoms with Crippen LogP contribution in [0.25, 0.3) is 0 Å². The van der Waals surface area contributed by atoms with Crippen LogP contribution in [0.3, 0.4) is 0 Å². The first-order valence-electron chi connectivity index (χ1n) is 2.76. The summed E-state index contributed by atoms with van der Waals surface area (Å²) in [4.78, 5) is 0. The van der Waals surface area contributed by atoms with Crippen LogP contribution in [0.4, 0.5) is 0 Å². The van der Waals surface area contributed by atoms with Crippen molar-refractivity contribution in [1.82, 2.24) is 10.9 Å². The summed E-state index contributed by atoms with van der Waals surface area (Å²) in [7, 11) is 0. The number of hydrazone groups is 2. The molecule has 0 aliphatic heterocycles. The monoisotopic (exact) mass is 160 g/mol. The predicted octanol–water partition coefficient (Wildman–Crippen LogP) is -3.50. The van der Waals surface area contributed by atoms with E-state index in [0.29, 0.717) is 0 Å². The lowest BCUT2D eigenvalue weighted by molar-refractivity contribution is 0.626. The van der Waals surface area contributed by atoms with Crippen molar-refractivity contribution in [3.05, 3.63) is 0 Å². The SMILES string of the molecule is NC(N)=NNCNN=C(N)N. The molecule has 8 nitrogen and oxygen atoms in total. The first kappa shape index (κ1) is 9.14. The molecule has 0 fully saturated rings. The van der Waals surface area contributed by atoms with E-state index in [9.17, 15) is 0 Å². The number of nitrogens with zero attached hydrogens (tertiary/aromatic N) is 2. The van der Waals surface area contributed by atoms with Gasteiger partial charge in [-0.15, -0.1) is 10.2 Å². The van der Waals surface area contributed by atoms with Crippen LogP contribution < -0.4 is 33.8 Å². The zero-order chi connectivity index (χ0) is 8.69. The number of hydrogen-bond acceptors (Lipinski definition) is 4. The summed E-state index contributed by atoms with van der Waals surface area (Å²) < 4.78 is 0. The molecule has 0 saturated carbocycles. The molecular formula is C3H12N8. The van der Waals surface area contributed by atoms with Gasteiger partial charge in [-0.05, 0) is 0 Å². The molecule has 0 amide bonds. The Morgan fingerprint density at radius 2 is 1.27 bits per heavy atom. The Labute approximate surface area is 63.7 Å². The summed E-state index contributed by atoms with van der Waals surface area (Å²) in [6.07, 6.45) is 0. The van der Waals surface area contributed by atoms with Crippen LogP contribution in [0.2, 0.25) is 0 Å². The van der Waals surface area contributed by atoms with Crippen LogP contribution in [-0.2, 0) is 0 Å². The minimum Gasteiger partial charge on any atom is -0.369 e. The molecule has 0 aromatic carbocycles. The van der Waals surface area contributed by atoms with Crippen molar-refractivity contribution >= 4 is 11.9 Å². The Morgan fingerprint density at radius 1 is 0.909 bits per heavy atom. The second-order valence-corrected chi connectivity index (χ2v) is 1.57.